The van der Waals surface area contributed by atoms with Gasteiger partial charge in [-0.3, -0.25) is 4.98 Å². The summed E-state index contributed by atoms with van der Waals surface area (Å²) in [5.41, 5.74) is 7.44. The van der Waals surface area contributed by atoms with Crippen molar-refractivity contribution < 1.29 is 1.43 Å². The Hall–Kier alpha value is -2.94. The number of rotatable bonds is 2. The molecule has 1 fully saturated rings. The molecular formula is C25H25N3. The Morgan fingerprint density at radius 2 is 1.89 bits per heavy atom. The molecule has 2 unspecified atom stereocenters. The molecule has 2 aliphatic rings. The third kappa shape index (κ3) is 2.35. The van der Waals surface area contributed by atoms with Crippen LogP contribution in [0.4, 0.5) is 0 Å². The van der Waals surface area contributed by atoms with Crippen molar-refractivity contribution in [2.45, 2.75) is 31.6 Å². The van der Waals surface area contributed by atoms with Crippen molar-refractivity contribution in [3.05, 3.63) is 77.3 Å². The molecule has 0 radical (unpaired) electrons. The van der Waals surface area contributed by atoms with Gasteiger partial charge in [-0.15, -0.1) is 0 Å². The third-order valence-corrected chi connectivity index (χ3v) is 6.47. The van der Waals surface area contributed by atoms with E-state index in [0.29, 0.717) is 17.8 Å². The van der Waals surface area contributed by atoms with Crippen LogP contribution in [-0.4, -0.2) is 14.5 Å². The fourth-order valence-corrected chi connectivity index (χ4v) is 4.81. The Morgan fingerprint density at radius 3 is 2.82 bits per heavy atom. The molecule has 2 aliphatic carbocycles. The molecule has 28 heavy (non-hydrogen) atoms. The number of fused-ring (bicyclic) bond motifs is 4. The van der Waals surface area contributed by atoms with Gasteiger partial charge >= 0.3 is 0 Å². The number of hydrogen-bond acceptors (Lipinski definition) is 2. The minimum Gasteiger partial charge on any atom is -0.331 e. The quantitative estimate of drug-likeness (QED) is 0.445. The predicted molar refractivity (Wildman–Crippen MR) is 117 cm³/mol. The maximum absolute atomic E-state index is 5.13. The fraction of sp³-hybridized carbons (Fsp3) is 0.280. The summed E-state index contributed by atoms with van der Waals surface area (Å²) in [5, 5.41) is 1.21. The van der Waals surface area contributed by atoms with E-state index in [2.05, 4.69) is 79.2 Å². The largest absolute Gasteiger partial charge is 0.331 e. The molecule has 3 nitrogen and oxygen atoms in total. The van der Waals surface area contributed by atoms with Crippen LogP contribution in [-0.2, 0) is 13.5 Å². The molecule has 140 valence electrons. The summed E-state index contributed by atoms with van der Waals surface area (Å²) in [6, 6.07) is 17.3. The molecule has 2 aromatic heterocycles. The van der Waals surface area contributed by atoms with Crippen molar-refractivity contribution in [2.24, 2.45) is 13.0 Å². The van der Waals surface area contributed by atoms with Crippen LogP contribution in [0.2, 0.25) is 0 Å². The van der Waals surface area contributed by atoms with Crippen LogP contribution in [0.15, 0.2) is 54.6 Å². The summed E-state index contributed by atoms with van der Waals surface area (Å²) in [7, 11) is 2.16. The van der Waals surface area contributed by atoms with Crippen molar-refractivity contribution in [1.29, 1.82) is 0 Å². The number of nitrogens with zero attached hydrogens (tertiary/aromatic N) is 3. The molecule has 0 N–H and O–H groups in total. The zero-order chi connectivity index (χ0) is 18.8. The lowest BCUT2D eigenvalue weighted by Crippen LogP contribution is -2.03. The zero-order valence-electron chi connectivity index (χ0n) is 16.3. The smallest absolute Gasteiger partial charge is 0.113 e. The standard InChI is InChI=1S/C25H23N3.H2/c1-15-7-10-18-17(13-15)9-12-23-24(18)27-25(28(23)2)20-14-19(20)22-11-8-16-5-3-4-6-21(16)26-22;/h3-12,15,19-20H,13-14H2,1-2H3;1H/t15?,19?,20-;/m0./s1. The molecular weight excluding hydrogens is 342 g/mol. The molecule has 0 saturated heterocycles. The molecule has 0 aliphatic heterocycles. The third-order valence-electron chi connectivity index (χ3n) is 6.47. The Kier molecular flexibility index (Phi) is 3.31. The maximum atomic E-state index is 5.13. The SMILES string of the molecule is CC1C=Cc2c(ccc3c2nc([C@H]2CC2c2ccc4ccccc4n2)n3C)C1.[HH]. The lowest BCUT2D eigenvalue weighted by molar-refractivity contribution is 0.718. The molecule has 0 amide bonds. The Bertz CT molecular complexity index is 1270. The lowest BCUT2D eigenvalue weighted by atomic mass is 9.90. The van der Waals surface area contributed by atoms with Gasteiger partial charge in [-0.25, -0.2) is 4.98 Å². The molecule has 0 spiro atoms. The van der Waals surface area contributed by atoms with E-state index in [-0.39, 0.29) is 1.43 Å². The van der Waals surface area contributed by atoms with Crippen LogP contribution in [0, 0.1) is 5.92 Å². The van der Waals surface area contributed by atoms with E-state index in [9.17, 15) is 0 Å². The first-order valence-electron chi connectivity index (χ1n) is 10.2. The van der Waals surface area contributed by atoms with Gasteiger partial charge in [-0.05, 0) is 42.5 Å². The summed E-state index contributed by atoms with van der Waals surface area (Å²) < 4.78 is 2.30. The average Bonchev–Trinajstić information content (AvgIpc) is 3.44. The first-order valence-corrected chi connectivity index (χ1v) is 10.2. The van der Waals surface area contributed by atoms with Crippen molar-refractivity contribution in [1.82, 2.24) is 14.5 Å². The van der Waals surface area contributed by atoms with Crippen molar-refractivity contribution in [3.8, 4) is 0 Å². The summed E-state index contributed by atoms with van der Waals surface area (Å²) in [4.78, 5) is 10.1. The molecule has 2 aromatic carbocycles. The molecule has 4 aromatic rings. The molecule has 2 heterocycles. The highest BCUT2D eigenvalue weighted by Crippen LogP contribution is 2.54. The monoisotopic (exact) mass is 367 g/mol. The zero-order valence-corrected chi connectivity index (χ0v) is 16.3. The first kappa shape index (κ1) is 16.1. The summed E-state index contributed by atoms with van der Waals surface area (Å²) >= 11 is 0. The molecule has 3 heteroatoms. The van der Waals surface area contributed by atoms with Gasteiger partial charge in [0.2, 0.25) is 0 Å². The topological polar surface area (TPSA) is 30.7 Å². The van der Waals surface area contributed by atoms with Crippen molar-refractivity contribution >= 4 is 28.0 Å². The summed E-state index contributed by atoms with van der Waals surface area (Å²) in [5.74, 6) is 2.76. The number of pyridine rings is 1. The van der Waals surface area contributed by atoms with E-state index in [0.717, 1.165) is 23.9 Å². The summed E-state index contributed by atoms with van der Waals surface area (Å²) in [6.07, 6.45) is 6.84. The van der Waals surface area contributed by atoms with Gasteiger partial charge in [0.05, 0.1) is 16.6 Å². The number of benzene rings is 2. The Balaban J connectivity index is 0.00000181. The highest BCUT2D eigenvalue weighted by molar-refractivity contribution is 5.88. The van der Waals surface area contributed by atoms with E-state index in [1.54, 1.807) is 0 Å². The van der Waals surface area contributed by atoms with Crippen LogP contribution < -0.4 is 0 Å². The van der Waals surface area contributed by atoms with Gasteiger partial charge in [-0.1, -0.05) is 49.4 Å². The van der Waals surface area contributed by atoms with Gasteiger partial charge in [0.1, 0.15) is 5.82 Å². The van der Waals surface area contributed by atoms with E-state index in [1.165, 1.54) is 33.5 Å². The number of aromatic nitrogens is 3. The Morgan fingerprint density at radius 1 is 1.00 bits per heavy atom. The highest BCUT2D eigenvalue weighted by Gasteiger charge is 2.43. The number of hydrogen-bond donors (Lipinski definition) is 0. The second kappa shape index (κ2) is 5.78. The summed E-state index contributed by atoms with van der Waals surface area (Å²) in [6.45, 7) is 2.28. The van der Waals surface area contributed by atoms with Crippen LogP contribution in [0.5, 0.6) is 0 Å². The van der Waals surface area contributed by atoms with Crippen LogP contribution in [0.25, 0.3) is 28.0 Å². The van der Waals surface area contributed by atoms with Gasteiger partial charge in [0, 0.05) is 37.0 Å². The average molecular weight is 367 g/mol. The number of allylic oxidation sites excluding steroid dienone is 1. The highest BCUT2D eigenvalue weighted by atomic mass is 15.1. The number of para-hydroxylation sites is 1. The first-order chi connectivity index (χ1) is 13.7. The number of imidazole rings is 1. The molecule has 3 atom stereocenters. The van der Waals surface area contributed by atoms with E-state index in [1.807, 2.05) is 0 Å². The molecule has 6 rings (SSSR count). The lowest BCUT2D eigenvalue weighted by Gasteiger charge is -2.15. The minimum atomic E-state index is 0. The van der Waals surface area contributed by atoms with Gasteiger partial charge in [0.15, 0.2) is 0 Å². The van der Waals surface area contributed by atoms with Crippen molar-refractivity contribution in [2.75, 3.05) is 0 Å². The van der Waals surface area contributed by atoms with Crippen molar-refractivity contribution in [3.63, 3.8) is 0 Å². The fourth-order valence-electron chi connectivity index (χ4n) is 4.81. The van der Waals surface area contributed by atoms with E-state index >= 15 is 0 Å². The normalized spacial score (nSPS) is 23.3. The van der Waals surface area contributed by atoms with Crippen LogP contribution in [0.3, 0.4) is 0 Å². The van der Waals surface area contributed by atoms with Crippen LogP contribution in [0.1, 0.15) is 49.3 Å². The predicted octanol–water partition coefficient (Wildman–Crippen LogP) is 5.84. The minimum absolute atomic E-state index is 0. The van der Waals surface area contributed by atoms with Gasteiger partial charge in [-0.2, -0.15) is 0 Å². The second-order valence-electron chi connectivity index (χ2n) is 8.45. The molecule has 1 saturated carbocycles. The Labute approximate surface area is 166 Å². The van der Waals surface area contributed by atoms with Crippen LogP contribution >= 0.6 is 0 Å². The maximum Gasteiger partial charge on any atom is 0.113 e. The second-order valence-corrected chi connectivity index (χ2v) is 8.45. The van der Waals surface area contributed by atoms with E-state index in [4.69, 9.17) is 9.97 Å². The van der Waals surface area contributed by atoms with Gasteiger partial charge < -0.3 is 4.57 Å². The van der Waals surface area contributed by atoms with E-state index < -0.39 is 0 Å². The number of aryl methyl sites for hydroxylation is 1. The van der Waals surface area contributed by atoms with Gasteiger partial charge in [0.25, 0.3) is 0 Å². The molecule has 0 bridgehead atoms.